The predicted molar refractivity (Wildman–Crippen MR) is 77.2 cm³/mol. The summed E-state index contributed by atoms with van der Waals surface area (Å²) in [4.78, 5) is 0. The number of halogens is 1. The van der Waals surface area contributed by atoms with Crippen LogP contribution in [0.1, 0.15) is 29.6 Å². The van der Waals surface area contributed by atoms with Gasteiger partial charge in [-0.3, -0.25) is 0 Å². The van der Waals surface area contributed by atoms with Crippen LogP contribution in [0.25, 0.3) is 0 Å². The molecule has 0 bridgehead atoms. The molecule has 2 unspecified atom stereocenters. The molecule has 110 valence electrons. The molecule has 0 radical (unpaired) electrons. The average Bonchev–Trinajstić information content (AvgIpc) is 2.53. The highest BCUT2D eigenvalue weighted by molar-refractivity contribution is 5.43. The Balaban J connectivity index is 2.00. The zero-order valence-corrected chi connectivity index (χ0v) is 11.8. The van der Waals surface area contributed by atoms with Gasteiger partial charge in [0.2, 0.25) is 0 Å². The lowest BCUT2D eigenvalue weighted by atomic mass is 9.85. The summed E-state index contributed by atoms with van der Waals surface area (Å²) in [6.45, 7) is 0.538. The highest BCUT2D eigenvalue weighted by Crippen LogP contribution is 2.43. The minimum atomic E-state index is -0.833. The summed E-state index contributed by atoms with van der Waals surface area (Å²) in [6, 6.07) is 11.8. The second kappa shape index (κ2) is 5.74. The predicted octanol–water partition coefficient (Wildman–Crippen LogP) is 3.43. The smallest absolute Gasteiger partial charge is 0.124 e. The van der Waals surface area contributed by atoms with Crippen LogP contribution in [0.4, 0.5) is 4.39 Å². The van der Waals surface area contributed by atoms with E-state index in [0.717, 1.165) is 11.3 Å². The van der Waals surface area contributed by atoms with Crippen LogP contribution in [0.5, 0.6) is 11.5 Å². The van der Waals surface area contributed by atoms with Crippen LogP contribution in [-0.2, 0) is 0 Å². The Morgan fingerprint density at radius 1 is 1.29 bits per heavy atom. The van der Waals surface area contributed by atoms with Crippen molar-refractivity contribution >= 4 is 0 Å². The molecule has 4 heteroatoms. The SMILES string of the molecule is COc1ccc(F)cc1C(O)C1CCOc2ccccc21. The molecule has 2 aromatic rings. The van der Waals surface area contributed by atoms with E-state index in [2.05, 4.69) is 0 Å². The van der Waals surface area contributed by atoms with Crippen molar-refractivity contribution in [2.24, 2.45) is 0 Å². The van der Waals surface area contributed by atoms with E-state index in [-0.39, 0.29) is 11.7 Å². The maximum atomic E-state index is 13.5. The maximum absolute atomic E-state index is 13.5. The summed E-state index contributed by atoms with van der Waals surface area (Å²) in [5.41, 5.74) is 1.42. The Morgan fingerprint density at radius 2 is 2.10 bits per heavy atom. The van der Waals surface area contributed by atoms with Crippen LogP contribution >= 0.6 is 0 Å². The zero-order chi connectivity index (χ0) is 14.8. The van der Waals surface area contributed by atoms with Gasteiger partial charge in [0.15, 0.2) is 0 Å². The van der Waals surface area contributed by atoms with Gasteiger partial charge in [-0.05, 0) is 30.7 Å². The topological polar surface area (TPSA) is 38.7 Å². The highest BCUT2D eigenvalue weighted by Gasteiger charge is 2.30. The van der Waals surface area contributed by atoms with Gasteiger partial charge in [-0.2, -0.15) is 0 Å². The van der Waals surface area contributed by atoms with E-state index in [1.807, 2.05) is 24.3 Å². The van der Waals surface area contributed by atoms with Crippen molar-refractivity contribution < 1.29 is 19.0 Å². The normalized spacial score (nSPS) is 18.5. The number of rotatable bonds is 3. The molecular weight excluding hydrogens is 271 g/mol. The number of methoxy groups -OCH3 is 1. The first-order valence-electron chi connectivity index (χ1n) is 6.94. The third-order valence-electron chi connectivity index (χ3n) is 3.90. The number of benzene rings is 2. The van der Waals surface area contributed by atoms with Crippen molar-refractivity contribution in [2.45, 2.75) is 18.4 Å². The molecule has 3 rings (SSSR count). The second-order valence-electron chi connectivity index (χ2n) is 5.11. The standard InChI is InChI=1S/C17H17FO3/c1-20-15-7-6-11(18)10-14(15)17(19)13-8-9-21-16-5-3-2-4-12(13)16/h2-7,10,13,17,19H,8-9H2,1H3. The molecule has 0 aliphatic carbocycles. The fourth-order valence-corrected chi connectivity index (χ4v) is 2.85. The molecule has 0 saturated carbocycles. The first kappa shape index (κ1) is 13.9. The first-order chi connectivity index (χ1) is 10.2. The minimum absolute atomic E-state index is 0.134. The second-order valence-corrected chi connectivity index (χ2v) is 5.11. The lowest BCUT2D eigenvalue weighted by Crippen LogP contribution is -2.20. The van der Waals surface area contributed by atoms with Crippen molar-refractivity contribution in [3.63, 3.8) is 0 Å². The molecule has 0 spiro atoms. The summed E-state index contributed by atoms with van der Waals surface area (Å²) < 4.78 is 24.4. The summed E-state index contributed by atoms with van der Waals surface area (Å²) in [5, 5.41) is 10.7. The van der Waals surface area contributed by atoms with E-state index in [4.69, 9.17) is 9.47 Å². The van der Waals surface area contributed by atoms with Crippen molar-refractivity contribution in [3.8, 4) is 11.5 Å². The fourth-order valence-electron chi connectivity index (χ4n) is 2.85. The summed E-state index contributed by atoms with van der Waals surface area (Å²) in [5.74, 6) is 0.756. The Labute approximate surface area is 122 Å². The average molecular weight is 288 g/mol. The summed E-state index contributed by atoms with van der Waals surface area (Å²) in [6.07, 6.45) is -0.154. The Kier molecular flexibility index (Phi) is 3.80. The molecule has 0 aromatic heterocycles. The maximum Gasteiger partial charge on any atom is 0.124 e. The van der Waals surface area contributed by atoms with Crippen LogP contribution in [0.3, 0.4) is 0 Å². The van der Waals surface area contributed by atoms with E-state index < -0.39 is 6.10 Å². The number of aliphatic hydroxyl groups excluding tert-OH is 1. The Morgan fingerprint density at radius 3 is 2.90 bits per heavy atom. The molecule has 1 N–H and O–H groups in total. The van der Waals surface area contributed by atoms with Gasteiger partial charge >= 0.3 is 0 Å². The van der Waals surface area contributed by atoms with Crippen molar-refractivity contribution in [1.29, 1.82) is 0 Å². The van der Waals surface area contributed by atoms with Crippen LogP contribution < -0.4 is 9.47 Å². The largest absolute Gasteiger partial charge is 0.496 e. The quantitative estimate of drug-likeness (QED) is 0.940. The van der Waals surface area contributed by atoms with Gasteiger partial charge in [-0.15, -0.1) is 0 Å². The molecule has 1 aliphatic rings. The van der Waals surface area contributed by atoms with Crippen LogP contribution in [0, 0.1) is 5.82 Å². The third kappa shape index (κ3) is 2.59. The van der Waals surface area contributed by atoms with E-state index in [1.165, 1.54) is 19.2 Å². The van der Waals surface area contributed by atoms with Gasteiger partial charge in [0.1, 0.15) is 17.3 Å². The molecule has 2 atom stereocenters. The van der Waals surface area contributed by atoms with Gasteiger partial charge < -0.3 is 14.6 Å². The molecule has 3 nitrogen and oxygen atoms in total. The highest BCUT2D eigenvalue weighted by atomic mass is 19.1. The molecule has 1 heterocycles. The van der Waals surface area contributed by atoms with Gasteiger partial charge in [-0.25, -0.2) is 4.39 Å². The van der Waals surface area contributed by atoms with Crippen LogP contribution in [-0.4, -0.2) is 18.8 Å². The van der Waals surface area contributed by atoms with Crippen molar-refractivity contribution in [2.75, 3.05) is 13.7 Å². The lowest BCUT2D eigenvalue weighted by Gasteiger charge is -2.30. The van der Waals surface area contributed by atoms with Crippen LogP contribution in [0.2, 0.25) is 0 Å². The molecule has 0 amide bonds. The molecule has 2 aromatic carbocycles. The first-order valence-corrected chi connectivity index (χ1v) is 6.94. The molecule has 0 fully saturated rings. The van der Waals surface area contributed by atoms with Gasteiger partial charge in [-0.1, -0.05) is 18.2 Å². The third-order valence-corrected chi connectivity index (χ3v) is 3.90. The Hall–Kier alpha value is -2.07. The van der Waals surface area contributed by atoms with Gasteiger partial charge in [0, 0.05) is 17.0 Å². The van der Waals surface area contributed by atoms with Gasteiger partial charge in [0.05, 0.1) is 19.8 Å². The van der Waals surface area contributed by atoms with Crippen LogP contribution in [0.15, 0.2) is 42.5 Å². The number of ether oxygens (including phenoxy) is 2. The lowest BCUT2D eigenvalue weighted by molar-refractivity contribution is 0.114. The fraction of sp³-hybridized carbons (Fsp3) is 0.294. The Bertz CT molecular complexity index is 642. The minimum Gasteiger partial charge on any atom is -0.496 e. The summed E-state index contributed by atoms with van der Waals surface area (Å²) in [7, 11) is 1.52. The molecule has 1 aliphatic heterocycles. The van der Waals surface area contributed by atoms with Crippen molar-refractivity contribution in [1.82, 2.24) is 0 Å². The van der Waals surface area contributed by atoms with Crippen molar-refractivity contribution in [3.05, 3.63) is 59.4 Å². The van der Waals surface area contributed by atoms with E-state index >= 15 is 0 Å². The molecular formula is C17H17FO3. The number of hydrogen-bond donors (Lipinski definition) is 1. The zero-order valence-electron chi connectivity index (χ0n) is 11.8. The number of fused-ring (bicyclic) bond motifs is 1. The number of para-hydroxylation sites is 1. The van der Waals surface area contributed by atoms with E-state index in [1.54, 1.807) is 6.07 Å². The van der Waals surface area contributed by atoms with E-state index in [9.17, 15) is 9.50 Å². The monoisotopic (exact) mass is 288 g/mol. The van der Waals surface area contributed by atoms with E-state index in [0.29, 0.717) is 24.3 Å². The number of aliphatic hydroxyl groups is 1. The summed E-state index contributed by atoms with van der Waals surface area (Å²) >= 11 is 0. The molecule has 21 heavy (non-hydrogen) atoms. The van der Waals surface area contributed by atoms with Gasteiger partial charge in [0.25, 0.3) is 0 Å². The number of hydrogen-bond acceptors (Lipinski definition) is 3. The molecule has 0 saturated heterocycles.